The van der Waals surface area contributed by atoms with Crippen LogP contribution in [-0.2, 0) is 0 Å². The third-order valence-electron chi connectivity index (χ3n) is 2.89. The van der Waals surface area contributed by atoms with Crippen molar-refractivity contribution in [3.63, 3.8) is 0 Å². The third kappa shape index (κ3) is 2.82. The van der Waals surface area contributed by atoms with Crippen molar-refractivity contribution in [2.24, 2.45) is 11.7 Å². The van der Waals surface area contributed by atoms with E-state index in [1.807, 2.05) is 24.3 Å². The summed E-state index contributed by atoms with van der Waals surface area (Å²) in [6.07, 6.45) is 0. The van der Waals surface area contributed by atoms with Crippen molar-refractivity contribution in [2.75, 3.05) is 0 Å². The van der Waals surface area contributed by atoms with Crippen LogP contribution >= 0.6 is 0 Å². The van der Waals surface area contributed by atoms with Gasteiger partial charge in [-0.2, -0.15) is 0 Å². The topological polar surface area (TPSA) is 110 Å². The fourth-order valence-corrected chi connectivity index (χ4v) is 1.79. The van der Waals surface area contributed by atoms with Crippen LogP contribution in [0.5, 0.6) is 0 Å². The van der Waals surface area contributed by atoms with Crippen LogP contribution in [0.3, 0.4) is 0 Å². The van der Waals surface area contributed by atoms with Crippen molar-refractivity contribution in [2.45, 2.75) is 0 Å². The lowest BCUT2D eigenvalue weighted by molar-refractivity contribution is 0.0945. The standard InChI is InChI=1S/C14H14N4O2/c15-17-13(19)11-5-1-9(2-6-11)10-3-7-12(8-4-10)14(20)18-16/h1-8H,15-16H2,(H,17,19)(H,18,20). The minimum absolute atomic E-state index is 0.341. The van der Waals surface area contributed by atoms with Crippen LogP contribution < -0.4 is 22.5 Å². The largest absolute Gasteiger partial charge is 0.290 e. The predicted molar refractivity (Wildman–Crippen MR) is 75.2 cm³/mol. The van der Waals surface area contributed by atoms with Crippen molar-refractivity contribution in [1.82, 2.24) is 10.9 Å². The van der Waals surface area contributed by atoms with Gasteiger partial charge in [0.1, 0.15) is 0 Å². The summed E-state index contributed by atoms with van der Waals surface area (Å²) < 4.78 is 0. The van der Waals surface area contributed by atoms with Crippen LogP contribution in [0.15, 0.2) is 48.5 Å². The normalized spacial score (nSPS) is 9.90. The fraction of sp³-hybridized carbons (Fsp3) is 0. The minimum Gasteiger partial charge on any atom is -0.290 e. The fourth-order valence-electron chi connectivity index (χ4n) is 1.79. The molecule has 102 valence electrons. The molecule has 0 aliphatic heterocycles. The molecule has 0 unspecified atom stereocenters. The highest BCUT2D eigenvalue weighted by molar-refractivity contribution is 5.95. The Morgan fingerprint density at radius 2 is 0.950 bits per heavy atom. The number of hydrogen-bond acceptors (Lipinski definition) is 4. The van der Waals surface area contributed by atoms with E-state index in [1.54, 1.807) is 24.3 Å². The number of benzene rings is 2. The number of hydrogen-bond donors (Lipinski definition) is 4. The van der Waals surface area contributed by atoms with Gasteiger partial charge in [-0.3, -0.25) is 20.4 Å². The van der Waals surface area contributed by atoms with Gasteiger partial charge in [0, 0.05) is 11.1 Å². The summed E-state index contributed by atoms with van der Waals surface area (Å²) in [5.41, 5.74) is 6.96. The van der Waals surface area contributed by atoms with E-state index in [0.717, 1.165) is 11.1 Å². The molecule has 0 fully saturated rings. The predicted octanol–water partition coefficient (Wildman–Crippen LogP) is 0.561. The molecule has 0 heterocycles. The molecule has 6 heteroatoms. The monoisotopic (exact) mass is 270 g/mol. The van der Waals surface area contributed by atoms with Gasteiger partial charge in [0.25, 0.3) is 11.8 Å². The molecule has 0 saturated heterocycles. The van der Waals surface area contributed by atoms with Crippen LogP contribution in [0.25, 0.3) is 11.1 Å². The molecule has 0 aromatic heterocycles. The lowest BCUT2D eigenvalue weighted by Crippen LogP contribution is -2.29. The Kier molecular flexibility index (Phi) is 4.09. The number of nitrogen functional groups attached to an aromatic ring is 2. The average Bonchev–Trinajstić information content (AvgIpc) is 2.53. The zero-order chi connectivity index (χ0) is 14.5. The molecule has 2 aromatic rings. The lowest BCUT2D eigenvalue weighted by atomic mass is 10.0. The number of rotatable bonds is 3. The number of nitrogens with one attached hydrogen (secondary N) is 2. The second-order valence-corrected chi connectivity index (χ2v) is 4.10. The molecule has 0 radical (unpaired) electrons. The molecule has 2 rings (SSSR count). The summed E-state index contributed by atoms with van der Waals surface area (Å²) in [5, 5.41) is 0. The Bertz CT molecular complexity index is 563. The Balaban J connectivity index is 2.23. The van der Waals surface area contributed by atoms with Gasteiger partial charge < -0.3 is 0 Å². The van der Waals surface area contributed by atoms with Gasteiger partial charge in [0.15, 0.2) is 0 Å². The van der Waals surface area contributed by atoms with Gasteiger partial charge in [-0.25, -0.2) is 11.7 Å². The summed E-state index contributed by atoms with van der Waals surface area (Å²) in [4.78, 5) is 22.6. The Morgan fingerprint density at radius 1 is 0.650 bits per heavy atom. The van der Waals surface area contributed by atoms with Crippen molar-refractivity contribution < 1.29 is 9.59 Å². The first-order valence-corrected chi connectivity index (χ1v) is 5.88. The number of nitrogens with two attached hydrogens (primary N) is 2. The second kappa shape index (κ2) is 5.96. The smallest absolute Gasteiger partial charge is 0.265 e. The molecular weight excluding hydrogens is 256 g/mol. The maximum atomic E-state index is 11.3. The Labute approximate surface area is 115 Å². The Morgan fingerprint density at radius 3 is 1.20 bits per heavy atom. The zero-order valence-electron chi connectivity index (χ0n) is 10.6. The summed E-state index contributed by atoms with van der Waals surface area (Å²) in [5.74, 6) is 9.45. The second-order valence-electron chi connectivity index (χ2n) is 4.10. The highest BCUT2D eigenvalue weighted by Crippen LogP contribution is 2.20. The maximum Gasteiger partial charge on any atom is 0.265 e. The summed E-state index contributed by atoms with van der Waals surface area (Å²) in [6, 6.07) is 13.9. The average molecular weight is 270 g/mol. The molecule has 20 heavy (non-hydrogen) atoms. The number of carbonyl (C=O) groups excluding carboxylic acids is 2. The van der Waals surface area contributed by atoms with Crippen molar-refractivity contribution in [3.8, 4) is 11.1 Å². The van der Waals surface area contributed by atoms with Gasteiger partial charge in [0.05, 0.1) is 0 Å². The van der Waals surface area contributed by atoms with E-state index in [0.29, 0.717) is 11.1 Å². The van der Waals surface area contributed by atoms with E-state index in [2.05, 4.69) is 10.9 Å². The molecule has 6 N–H and O–H groups in total. The first-order chi connectivity index (χ1) is 9.65. The number of carbonyl (C=O) groups is 2. The van der Waals surface area contributed by atoms with E-state index in [9.17, 15) is 9.59 Å². The van der Waals surface area contributed by atoms with Crippen molar-refractivity contribution >= 4 is 11.8 Å². The first kappa shape index (κ1) is 13.7. The summed E-state index contributed by atoms with van der Waals surface area (Å²) in [6.45, 7) is 0. The van der Waals surface area contributed by atoms with Crippen molar-refractivity contribution in [1.29, 1.82) is 0 Å². The summed E-state index contributed by atoms with van der Waals surface area (Å²) >= 11 is 0. The van der Waals surface area contributed by atoms with Crippen LogP contribution in [0.1, 0.15) is 20.7 Å². The molecule has 0 spiro atoms. The van der Waals surface area contributed by atoms with E-state index in [-0.39, 0.29) is 11.8 Å². The van der Waals surface area contributed by atoms with Gasteiger partial charge in [-0.1, -0.05) is 24.3 Å². The third-order valence-corrected chi connectivity index (χ3v) is 2.89. The van der Waals surface area contributed by atoms with E-state index >= 15 is 0 Å². The minimum atomic E-state index is -0.341. The number of amides is 2. The molecule has 0 atom stereocenters. The molecule has 2 aromatic carbocycles. The van der Waals surface area contributed by atoms with Gasteiger partial charge in [0.2, 0.25) is 0 Å². The van der Waals surface area contributed by atoms with E-state index in [1.165, 1.54) is 0 Å². The van der Waals surface area contributed by atoms with Gasteiger partial charge >= 0.3 is 0 Å². The van der Waals surface area contributed by atoms with Crippen LogP contribution in [0, 0.1) is 0 Å². The van der Waals surface area contributed by atoms with Gasteiger partial charge in [-0.05, 0) is 35.4 Å². The van der Waals surface area contributed by atoms with Crippen LogP contribution in [-0.4, -0.2) is 11.8 Å². The van der Waals surface area contributed by atoms with Crippen molar-refractivity contribution in [3.05, 3.63) is 59.7 Å². The highest BCUT2D eigenvalue weighted by atomic mass is 16.2. The molecule has 0 aliphatic carbocycles. The van der Waals surface area contributed by atoms with Crippen LogP contribution in [0.4, 0.5) is 0 Å². The number of hydrazine groups is 2. The first-order valence-electron chi connectivity index (χ1n) is 5.88. The van der Waals surface area contributed by atoms with Crippen LogP contribution in [0.2, 0.25) is 0 Å². The maximum absolute atomic E-state index is 11.3. The van der Waals surface area contributed by atoms with E-state index < -0.39 is 0 Å². The molecule has 0 aliphatic rings. The summed E-state index contributed by atoms with van der Waals surface area (Å²) in [7, 11) is 0. The molecular formula is C14H14N4O2. The lowest BCUT2D eigenvalue weighted by Gasteiger charge is -2.05. The quantitative estimate of drug-likeness (QED) is 0.371. The molecule has 6 nitrogen and oxygen atoms in total. The molecule has 2 amide bonds. The van der Waals surface area contributed by atoms with Gasteiger partial charge in [-0.15, -0.1) is 0 Å². The van der Waals surface area contributed by atoms with E-state index in [4.69, 9.17) is 11.7 Å². The molecule has 0 saturated carbocycles. The zero-order valence-corrected chi connectivity index (χ0v) is 10.6. The Hall–Kier alpha value is -2.70. The SMILES string of the molecule is NNC(=O)c1ccc(-c2ccc(C(=O)NN)cc2)cc1. The highest BCUT2D eigenvalue weighted by Gasteiger charge is 2.06. The molecule has 0 bridgehead atoms.